The van der Waals surface area contributed by atoms with E-state index in [9.17, 15) is 19.8 Å². The summed E-state index contributed by atoms with van der Waals surface area (Å²) < 4.78 is 0. The minimum atomic E-state index is -1.11. The Hall–Kier alpha value is -3.98. The lowest BCUT2D eigenvalue weighted by Gasteiger charge is -2.44. The largest absolute Gasteiger partial charge is 0.480 e. The van der Waals surface area contributed by atoms with E-state index in [4.69, 9.17) is 0 Å². The van der Waals surface area contributed by atoms with Crippen LogP contribution in [0.1, 0.15) is 16.7 Å². The molecule has 2 amide bonds. The summed E-state index contributed by atoms with van der Waals surface area (Å²) in [7, 11) is 1.79. The Morgan fingerprint density at radius 1 is 0.892 bits per heavy atom. The summed E-state index contributed by atoms with van der Waals surface area (Å²) in [6, 6.07) is 23.4. The maximum atomic E-state index is 14.1. The number of para-hydroxylation sites is 2. The van der Waals surface area contributed by atoms with Gasteiger partial charge in [-0.1, -0.05) is 78.9 Å². The van der Waals surface area contributed by atoms with E-state index in [1.54, 1.807) is 21.7 Å². The molecule has 1 unspecified atom stereocenters. The molecule has 0 bridgehead atoms. The summed E-state index contributed by atoms with van der Waals surface area (Å²) >= 11 is 0. The third-order valence-electron chi connectivity index (χ3n) is 6.93. The van der Waals surface area contributed by atoms with Crippen LogP contribution in [-0.2, 0) is 11.3 Å². The number of aliphatic carboxylic acids is 1. The van der Waals surface area contributed by atoms with Gasteiger partial charge >= 0.3 is 12.0 Å². The number of hydrogen-bond donors (Lipinski definition) is 2. The van der Waals surface area contributed by atoms with Crippen LogP contribution in [0.5, 0.6) is 0 Å². The highest BCUT2D eigenvalue weighted by Gasteiger charge is 2.41. The first-order valence-corrected chi connectivity index (χ1v) is 12.3. The van der Waals surface area contributed by atoms with Gasteiger partial charge in [-0.3, -0.25) is 14.7 Å². The number of aliphatic hydroxyl groups is 1. The molecule has 0 radical (unpaired) electrons. The molecule has 2 aliphatic heterocycles. The zero-order valence-electron chi connectivity index (χ0n) is 20.6. The van der Waals surface area contributed by atoms with Crippen molar-refractivity contribution >= 4 is 35.5 Å². The number of hydrogen-bond acceptors (Lipinski definition) is 5. The van der Waals surface area contributed by atoms with Gasteiger partial charge in [0, 0.05) is 26.2 Å². The fourth-order valence-corrected chi connectivity index (χ4v) is 4.99. The third-order valence-corrected chi connectivity index (χ3v) is 6.93. The zero-order valence-corrected chi connectivity index (χ0v) is 20.6. The van der Waals surface area contributed by atoms with Crippen LogP contribution in [0, 0.1) is 0 Å². The van der Waals surface area contributed by atoms with Crippen LogP contribution in [0.4, 0.5) is 16.2 Å². The molecule has 1 saturated heterocycles. The maximum Gasteiger partial charge on any atom is 0.329 e. The van der Waals surface area contributed by atoms with E-state index in [1.165, 1.54) is 4.90 Å². The Labute approximate surface area is 216 Å². The number of aliphatic hydroxyl groups excluding tert-OH is 1. The van der Waals surface area contributed by atoms with Crippen LogP contribution in [0.2, 0.25) is 0 Å². The summed E-state index contributed by atoms with van der Waals surface area (Å²) in [4.78, 5) is 32.9. The van der Waals surface area contributed by atoms with Gasteiger partial charge < -0.3 is 15.1 Å². The van der Waals surface area contributed by atoms with Crippen molar-refractivity contribution in [2.75, 3.05) is 31.6 Å². The normalized spacial score (nSPS) is 18.2. The molecule has 8 nitrogen and oxygen atoms in total. The monoisotopic (exact) mass is 498 g/mol. The minimum Gasteiger partial charge on any atom is -0.480 e. The van der Waals surface area contributed by atoms with Crippen LogP contribution in [0.25, 0.3) is 12.2 Å². The van der Waals surface area contributed by atoms with Crippen LogP contribution in [0.3, 0.4) is 0 Å². The smallest absolute Gasteiger partial charge is 0.329 e. The van der Waals surface area contributed by atoms with Gasteiger partial charge in [-0.25, -0.2) is 9.59 Å². The molecule has 3 aromatic rings. The molecule has 37 heavy (non-hydrogen) atoms. The fourth-order valence-electron chi connectivity index (χ4n) is 4.99. The average molecular weight is 499 g/mol. The van der Waals surface area contributed by atoms with Crippen molar-refractivity contribution in [3.8, 4) is 0 Å². The maximum absolute atomic E-state index is 14.1. The second kappa shape index (κ2) is 10.6. The molecule has 8 heteroatoms. The summed E-state index contributed by atoms with van der Waals surface area (Å²) in [6.07, 6.45) is 2.95. The molecule has 190 valence electrons. The van der Waals surface area contributed by atoms with Gasteiger partial charge in [0.15, 0.2) is 6.35 Å². The van der Waals surface area contributed by atoms with E-state index in [1.807, 2.05) is 91.0 Å². The lowest BCUT2D eigenvalue weighted by molar-refractivity contribution is -0.153. The second-order valence-electron chi connectivity index (χ2n) is 9.36. The van der Waals surface area contributed by atoms with Crippen LogP contribution >= 0.6 is 0 Å². The van der Waals surface area contributed by atoms with Gasteiger partial charge in [-0.2, -0.15) is 0 Å². The fraction of sp³-hybridized carbons (Fsp3) is 0.241. The standard InChI is InChI=1S/C29H30N4O4/c1-30(19-21-9-3-2-4-10-21)28(36)31-17-18-32(26(20-31)27(34)35)29(37)33-24-13-7-5-11-22(24)15-16-23-12-6-8-14-25(23)33/h2-16,26,28,36H,17-20H2,1H3,(H,34,35)/t26-,28?/m0/s1. The minimum absolute atomic E-state index is 0.0107. The highest BCUT2D eigenvalue weighted by atomic mass is 16.4. The van der Waals surface area contributed by atoms with Gasteiger partial charge in [0.2, 0.25) is 0 Å². The number of carbonyl (C=O) groups excluding carboxylic acids is 1. The van der Waals surface area contributed by atoms with Crippen LogP contribution < -0.4 is 4.90 Å². The predicted molar refractivity (Wildman–Crippen MR) is 143 cm³/mol. The summed E-state index contributed by atoms with van der Waals surface area (Å²) in [5.41, 5.74) is 4.18. The third kappa shape index (κ3) is 4.99. The van der Waals surface area contributed by atoms with Crippen molar-refractivity contribution in [1.82, 2.24) is 14.7 Å². The molecule has 1 fully saturated rings. The Morgan fingerprint density at radius 3 is 2.05 bits per heavy atom. The molecule has 2 atom stereocenters. The van der Waals surface area contributed by atoms with E-state index >= 15 is 0 Å². The molecule has 2 aliphatic rings. The first-order chi connectivity index (χ1) is 17.9. The number of carboxylic acid groups (broad SMARTS) is 1. The van der Waals surface area contributed by atoms with E-state index in [-0.39, 0.29) is 13.1 Å². The molecule has 5 rings (SSSR count). The molecule has 2 N–H and O–H groups in total. The van der Waals surface area contributed by atoms with Gasteiger partial charge in [-0.15, -0.1) is 0 Å². The number of anilines is 2. The summed E-state index contributed by atoms with van der Waals surface area (Å²) in [5, 5.41) is 21.1. The van der Waals surface area contributed by atoms with E-state index in [0.717, 1.165) is 16.7 Å². The number of rotatable bonds is 5. The highest BCUT2D eigenvalue weighted by molar-refractivity contribution is 6.06. The van der Waals surface area contributed by atoms with Crippen molar-refractivity contribution in [2.45, 2.75) is 18.9 Å². The van der Waals surface area contributed by atoms with E-state index in [0.29, 0.717) is 24.5 Å². The van der Waals surface area contributed by atoms with Gasteiger partial charge in [-0.05, 0) is 35.9 Å². The number of piperazine rings is 1. The number of amides is 2. The Kier molecular flexibility index (Phi) is 7.05. The van der Waals surface area contributed by atoms with Crippen molar-refractivity contribution < 1.29 is 19.8 Å². The molecule has 0 aliphatic carbocycles. The number of carboxylic acids is 1. The molecule has 2 heterocycles. The van der Waals surface area contributed by atoms with Gasteiger partial charge in [0.1, 0.15) is 6.04 Å². The molecule has 0 aromatic heterocycles. The summed E-state index contributed by atoms with van der Waals surface area (Å²) in [5.74, 6) is -1.11. The first-order valence-electron chi connectivity index (χ1n) is 12.3. The van der Waals surface area contributed by atoms with Gasteiger partial charge in [0.05, 0.1) is 11.4 Å². The summed E-state index contributed by atoms with van der Waals surface area (Å²) in [6.45, 7) is 1.02. The van der Waals surface area contributed by atoms with Crippen molar-refractivity contribution in [2.24, 2.45) is 0 Å². The van der Waals surface area contributed by atoms with E-state index in [2.05, 4.69) is 0 Å². The molecular weight excluding hydrogens is 468 g/mol. The first kappa shape index (κ1) is 24.7. The Morgan fingerprint density at radius 2 is 1.46 bits per heavy atom. The van der Waals surface area contributed by atoms with Gasteiger partial charge in [0.25, 0.3) is 0 Å². The quantitative estimate of drug-likeness (QED) is 0.519. The molecule has 0 saturated carbocycles. The lowest BCUT2D eigenvalue weighted by Crippen LogP contribution is -2.63. The molecule has 3 aromatic carbocycles. The predicted octanol–water partition coefficient (Wildman–Crippen LogP) is 3.91. The lowest BCUT2D eigenvalue weighted by atomic mass is 10.1. The second-order valence-corrected chi connectivity index (χ2v) is 9.36. The highest BCUT2D eigenvalue weighted by Crippen LogP contribution is 2.37. The topological polar surface area (TPSA) is 87.6 Å². The van der Waals surface area contributed by atoms with Crippen molar-refractivity contribution in [3.63, 3.8) is 0 Å². The van der Waals surface area contributed by atoms with Crippen molar-refractivity contribution in [1.29, 1.82) is 0 Å². The molecule has 0 spiro atoms. The molecular formula is C29H30N4O4. The van der Waals surface area contributed by atoms with E-state index < -0.39 is 24.4 Å². The number of benzene rings is 3. The number of urea groups is 1. The number of fused-ring (bicyclic) bond motifs is 2. The van der Waals surface area contributed by atoms with Crippen molar-refractivity contribution in [3.05, 3.63) is 95.6 Å². The van der Waals surface area contributed by atoms with Crippen LogP contribution in [0.15, 0.2) is 78.9 Å². The SMILES string of the molecule is CN(Cc1ccccc1)C(O)N1CCN(C(=O)N2c3ccccc3C=Cc3ccccc32)[C@H](C(=O)O)C1. The zero-order chi connectivity index (χ0) is 25.9. The van der Waals surface area contributed by atoms with Crippen LogP contribution in [-0.4, -0.2) is 76.0 Å². The number of nitrogens with zero attached hydrogens (tertiary/aromatic N) is 4. The Bertz CT molecular complexity index is 1260. The Balaban J connectivity index is 1.39. The number of carbonyl (C=O) groups is 2. The average Bonchev–Trinajstić information content (AvgIpc) is 3.09.